The van der Waals surface area contributed by atoms with Crippen LogP contribution in [0.4, 0.5) is 5.69 Å². The summed E-state index contributed by atoms with van der Waals surface area (Å²) in [7, 11) is 0. The van der Waals surface area contributed by atoms with Crippen molar-refractivity contribution in [2.24, 2.45) is 28.8 Å². The van der Waals surface area contributed by atoms with Gasteiger partial charge in [0.05, 0.1) is 29.1 Å². The molecule has 3 aliphatic rings. The predicted octanol–water partition coefficient (Wildman–Crippen LogP) is 2.07. The van der Waals surface area contributed by atoms with Crippen LogP contribution in [0.15, 0.2) is 35.5 Å². The van der Waals surface area contributed by atoms with Gasteiger partial charge in [0, 0.05) is 11.6 Å². The number of para-hydroxylation sites is 1. The van der Waals surface area contributed by atoms with Gasteiger partial charge in [-0.2, -0.15) is 10.1 Å². The first-order chi connectivity index (χ1) is 14.8. The number of nitro benzene ring substituents is 1. The summed E-state index contributed by atoms with van der Waals surface area (Å²) in [6.07, 6.45) is 5.57. The second-order valence-electron chi connectivity index (χ2n) is 8.01. The lowest BCUT2D eigenvalue weighted by molar-refractivity contribution is -0.385. The zero-order chi connectivity index (χ0) is 22.3. The summed E-state index contributed by atoms with van der Waals surface area (Å²) in [6.45, 7) is 2.80. The summed E-state index contributed by atoms with van der Waals surface area (Å²) in [6, 6.07) is 4.13. The SMILES string of the molecule is CC(C)OC(=O)COc1c(C=NN2C(=O)[C@@H]3[C@H](C2=O)[C@H]2C=C[C@H]3C2)cccc1[N+](=O)[O-]. The number of rotatable bonds is 7. The van der Waals surface area contributed by atoms with Crippen LogP contribution < -0.4 is 4.74 Å². The number of carbonyl (C=O) groups excluding carboxylic acids is 3. The van der Waals surface area contributed by atoms with Crippen molar-refractivity contribution in [3.63, 3.8) is 0 Å². The Morgan fingerprint density at radius 1 is 1.26 bits per heavy atom. The summed E-state index contributed by atoms with van der Waals surface area (Å²) in [5, 5.41) is 16.3. The number of ether oxygens (including phenoxy) is 2. The van der Waals surface area contributed by atoms with Crippen molar-refractivity contribution in [2.45, 2.75) is 26.4 Å². The Morgan fingerprint density at radius 3 is 2.48 bits per heavy atom. The van der Waals surface area contributed by atoms with Crippen LogP contribution in [0.3, 0.4) is 0 Å². The Kier molecular flexibility index (Phi) is 5.30. The molecule has 0 unspecified atom stereocenters. The molecule has 1 saturated heterocycles. The second-order valence-corrected chi connectivity index (χ2v) is 8.01. The number of hydrogen-bond donors (Lipinski definition) is 0. The molecule has 1 aromatic carbocycles. The average molecular weight is 427 g/mol. The molecule has 0 radical (unpaired) electrons. The van der Waals surface area contributed by atoms with Gasteiger partial charge in [-0.05, 0) is 38.2 Å². The molecule has 4 rings (SSSR count). The topological polar surface area (TPSA) is 128 Å². The minimum atomic E-state index is -0.684. The molecule has 2 aliphatic carbocycles. The van der Waals surface area contributed by atoms with E-state index in [2.05, 4.69) is 5.10 Å². The van der Waals surface area contributed by atoms with E-state index in [0.717, 1.165) is 11.4 Å². The summed E-state index contributed by atoms with van der Waals surface area (Å²) in [5.74, 6) is -2.30. The average Bonchev–Trinajstić information content (AvgIpc) is 3.39. The molecule has 1 aliphatic heterocycles. The van der Waals surface area contributed by atoms with Crippen molar-refractivity contribution in [1.82, 2.24) is 5.01 Å². The van der Waals surface area contributed by atoms with Crippen molar-refractivity contribution >= 4 is 29.7 Å². The molecule has 2 fully saturated rings. The van der Waals surface area contributed by atoms with E-state index in [9.17, 15) is 24.5 Å². The molecule has 1 aromatic rings. The normalized spacial score (nSPS) is 26.2. The molecule has 10 heteroatoms. The first kappa shape index (κ1) is 20.7. The van der Waals surface area contributed by atoms with Crippen LogP contribution in [0.2, 0.25) is 0 Å². The van der Waals surface area contributed by atoms with E-state index in [1.54, 1.807) is 13.8 Å². The van der Waals surface area contributed by atoms with Crippen molar-refractivity contribution in [3.8, 4) is 5.75 Å². The molecular weight excluding hydrogens is 406 g/mol. The molecule has 0 spiro atoms. The highest BCUT2D eigenvalue weighted by atomic mass is 16.6. The fraction of sp³-hybridized carbons (Fsp3) is 0.429. The Labute approximate surface area is 177 Å². The van der Waals surface area contributed by atoms with E-state index in [1.807, 2.05) is 12.2 Å². The maximum atomic E-state index is 12.7. The summed E-state index contributed by atoms with van der Waals surface area (Å²) >= 11 is 0. The van der Waals surface area contributed by atoms with E-state index in [4.69, 9.17) is 9.47 Å². The van der Waals surface area contributed by atoms with Gasteiger partial charge in [-0.15, -0.1) is 0 Å². The van der Waals surface area contributed by atoms with E-state index in [1.165, 1.54) is 24.4 Å². The minimum absolute atomic E-state index is 0.0512. The van der Waals surface area contributed by atoms with E-state index in [-0.39, 0.29) is 46.8 Å². The number of esters is 1. The number of nitro groups is 1. The van der Waals surface area contributed by atoms with Crippen molar-refractivity contribution in [2.75, 3.05) is 6.61 Å². The molecule has 162 valence electrons. The van der Waals surface area contributed by atoms with Crippen LogP contribution in [-0.2, 0) is 19.1 Å². The van der Waals surface area contributed by atoms with Crippen LogP contribution in [-0.4, -0.2) is 46.6 Å². The van der Waals surface area contributed by atoms with Crippen LogP contribution in [0.5, 0.6) is 5.75 Å². The van der Waals surface area contributed by atoms with Gasteiger partial charge in [0.15, 0.2) is 6.61 Å². The maximum Gasteiger partial charge on any atom is 0.344 e. The summed E-state index contributed by atoms with van der Waals surface area (Å²) < 4.78 is 10.4. The molecule has 10 nitrogen and oxygen atoms in total. The zero-order valence-electron chi connectivity index (χ0n) is 17.0. The smallest absolute Gasteiger partial charge is 0.344 e. The summed E-state index contributed by atoms with van der Waals surface area (Å²) in [4.78, 5) is 48.0. The number of imide groups is 1. The predicted molar refractivity (Wildman–Crippen MR) is 107 cm³/mol. The molecule has 2 bridgehead atoms. The van der Waals surface area contributed by atoms with E-state index in [0.29, 0.717) is 0 Å². The van der Waals surface area contributed by atoms with Crippen LogP contribution in [0, 0.1) is 33.8 Å². The molecule has 0 N–H and O–H groups in total. The van der Waals surface area contributed by atoms with Gasteiger partial charge in [0.2, 0.25) is 5.75 Å². The van der Waals surface area contributed by atoms with Gasteiger partial charge < -0.3 is 9.47 Å². The number of fused-ring (bicyclic) bond motifs is 5. The highest BCUT2D eigenvalue weighted by Gasteiger charge is 2.59. The number of hydrogen-bond acceptors (Lipinski definition) is 8. The Morgan fingerprint density at radius 2 is 1.90 bits per heavy atom. The first-order valence-electron chi connectivity index (χ1n) is 9.97. The highest BCUT2D eigenvalue weighted by molar-refractivity contribution is 6.07. The third-order valence-corrected chi connectivity index (χ3v) is 5.68. The van der Waals surface area contributed by atoms with E-state index < -0.39 is 29.3 Å². The number of nitrogens with zero attached hydrogens (tertiary/aromatic N) is 3. The lowest BCUT2D eigenvalue weighted by Crippen LogP contribution is -2.28. The van der Waals surface area contributed by atoms with Gasteiger partial charge in [-0.25, -0.2) is 4.79 Å². The standard InChI is InChI=1S/C21H21N3O7/c1-11(2)31-16(25)10-30-19-14(4-3-5-15(19)24(28)29)9-22-23-20(26)17-12-6-7-13(8-12)18(17)21(23)27/h3-7,9,11-13,17-18H,8,10H2,1-2H3/t12-,13-,17-,18+/m0/s1. The molecule has 1 heterocycles. The highest BCUT2D eigenvalue weighted by Crippen LogP contribution is 2.52. The Hall–Kier alpha value is -3.56. The van der Waals surface area contributed by atoms with Gasteiger partial charge >= 0.3 is 11.7 Å². The fourth-order valence-corrected chi connectivity index (χ4v) is 4.49. The van der Waals surface area contributed by atoms with Gasteiger partial charge in [0.25, 0.3) is 11.8 Å². The fourth-order valence-electron chi connectivity index (χ4n) is 4.49. The minimum Gasteiger partial charge on any atom is -0.474 e. The Balaban J connectivity index is 1.57. The second kappa shape index (κ2) is 7.93. The third-order valence-electron chi connectivity index (χ3n) is 5.68. The molecule has 1 saturated carbocycles. The van der Waals surface area contributed by atoms with Gasteiger partial charge in [0.1, 0.15) is 0 Å². The van der Waals surface area contributed by atoms with Gasteiger partial charge in [-0.3, -0.25) is 19.7 Å². The summed E-state index contributed by atoms with van der Waals surface area (Å²) in [5.41, 5.74) is -0.218. The number of benzene rings is 1. The molecule has 31 heavy (non-hydrogen) atoms. The molecule has 4 atom stereocenters. The lowest BCUT2D eigenvalue weighted by atomic mass is 9.85. The monoisotopic (exact) mass is 427 g/mol. The van der Waals surface area contributed by atoms with E-state index >= 15 is 0 Å². The lowest BCUT2D eigenvalue weighted by Gasteiger charge is -2.13. The molecule has 0 aromatic heterocycles. The largest absolute Gasteiger partial charge is 0.474 e. The Bertz CT molecular complexity index is 986. The van der Waals surface area contributed by atoms with Crippen molar-refractivity contribution < 1.29 is 28.8 Å². The number of allylic oxidation sites excluding steroid dienone is 2. The van der Waals surface area contributed by atoms with Crippen molar-refractivity contribution in [3.05, 3.63) is 46.0 Å². The third kappa shape index (κ3) is 3.69. The molecular formula is C21H21N3O7. The van der Waals surface area contributed by atoms with Crippen LogP contribution in [0.25, 0.3) is 0 Å². The maximum absolute atomic E-state index is 12.7. The van der Waals surface area contributed by atoms with Crippen LogP contribution >= 0.6 is 0 Å². The van der Waals surface area contributed by atoms with Crippen LogP contribution in [0.1, 0.15) is 25.8 Å². The first-order valence-corrected chi connectivity index (χ1v) is 9.97. The number of hydrazone groups is 1. The van der Waals surface area contributed by atoms with Gasteiger partial charge in [-0.1, -0.05) is 18.2 Å². The number of amides is 2. The number of carbonyl (C=O) groups is 3. The molecule has 2 amide bonds. The van der Waals surface area contributed by atoms with Crippen molar-refractivity contribution in [1.29, 1.82) is 0 Å². The zero-order valence-corrected chi connectivity index (χ0v) is 17.0. The quantitative estimate of drug-likeness (QED) is 0.163.